The normalized spacial score (nSPS) is 12.0. The van der Waals surface area contributed by atoms with E-state index in [-0.39, 0.29) is 17.8 Å². The summed E-state index contributed by atoms with van der Waals surface area (Å²) in [7, 11) is 0. The highest BCUT2D eigenvalue weighted by Gasteiger charge is 2.18. The summed E-state index contributed by atoms with van der Waals surface area (Å²) in [5.74, 6) is 1.97. The molecule has 8 nitrogen and oxygen atoms in total. The predicted molar refractivity (Wildman–Crippen MR) is 102 cm³/mol. The van der Waals surface area contributed by atoms with Crippen molar-refractivity contribution in [2.75, 3.05) is 11.9 Å². The van der Waals surface area contributed by atoms with Crippen molar-refractivity contribution in [1.29, 1.82) is 0 Å². The first-order valence-corrected chi connectivity index (χ1v) is 8.88. The minimum Gasteiger partial charge on any atom is -0.464 e. The second-order valence-corrected chi connectivity index (χ2v) is 6.53. The van der Waals surface area contributed by atoms with E-state index in [0.29, 0.717) is 18.1 Å². The summed E-state index contributed by atoms with van der Waals surface area (Å²) in [6, 6.07) is 3.45. The summed E-state index contributed by atoms with van der Waals surface area (Å²) in [5, 5.41) is 12.9. The van der Waals surface area contributed by atoms with Crippen LogP contribution in [-0.4, -0.2) is 32.6 Å². The maximum Gasteiger partial charge on any atom is 0.289 e. The van der Waals surface area contributed by atoms with E-state index in [0.717, 1.165) is 29.0 Å². The second kappa shape index (κ2) is 8.03. The Balaban J connectivity index is 1.69. The minimum atomic E-state index is -0.336. The zero-order chi connectivity index (χ0) is 19.4. The van der Waals surface area contributed by atoms with Crippen molar-refractivity contribution in [3.63, 3.8) is 0 Å². The van der Waals surface area contributed by atoms with Crippen LogP contribution in [0.2, 0.25) is 0 Å². The number of carbonyl (C=O) groups excluding carboxylic acids is 1. The molecule has 0 aliphatic carbocycles. The van der Waals surface area contributed by atoms with Gasteiger partial charge in [-0.3, -0.25) is 9.89 Å². The molecule has 0 aliphatic rings. The molecule has 0 aliphatic heterocycles. The SMILES string of the molecule is Cc1ccc([C@@H](C)NC(=O)c2nc(C)c(C)c(NCCc3cn[nH]c3)n2)o1. The lowest BCUT2D eigenvalue weighted by molar-refractivity contribution is 0.0924. The smallest absolute Gasteiger partial charge is 0.289 e. The number of H-pyrrole nitrogens is 1. The second-order valence-electron chi connectivity index (χ2n) is 6.53. The summed E-state index contributed by atoms with van der Waals surface area (Å²) in [6.45, 7) is 8.22. The number of nitrogens with one attached hydrogen (secondary N) is 3. The van der Waals surface area contributed by atoms with E-state index in [2.05, 4.69) is 30.8 Å². The van der Waals surface area contributed by atoms with Crippen molar-refractivity contribution in [3.05, 3.63) is 58.7 Å². The van der Waals surface area contributed by atoms with Crippen LogP contribution in [0.5, 0.6) is 0 Å². The summed E-state index contributed by atoms with van der Waals surface area (Å²) in [5.41, 5.74) is 2.79. The number of rotatable bonds is 7. The summed E-state index contributed by atoms with van der Waals surface area (Å²) >= 11 is 0. The Morgan fingerprint density at radius 2 is 2.07 bits per heavy atom. The topological polar surface area (TPSA) is 109 Å². The van der Waals surface area contributed by atoms with Gasteiger partial charge in [0, 0.05) is 24.0 Å². The molecule has 27 heavy (non-hydrogen) atoms. The van der Waals surface area contributed by atoms with Gasteiger partial charge < -0.3 is 15.1 Å². The van der Waals surface area contributed by atoms with E-state index < -0.39 is 0 Å². The highest BCUT2D eigenvalue weighted by molar-refractivity contribution is 5.91. The largest absolute Gasteiger partial charge is 0.464 e. The minimum absolute atomic E-state index is 0.138. The molecule has 3 rings (SSSR count). The van der Waals surface area contributed by atoms with E-state index in [4.69, 9.17) is 4.42 Å². The van der Waals surface area contributed by atoms with Crippen molar-refractivity contribution in [3.8, 4) is 0 Å². The number of aromatic amines is 1. The third-order valence-corrected chi connectivity index (χ3v) is 4.39. The van der Waals surface area contributed by atoms with Gasteiger partial charge in [0.2, 0.25) is 5.82 Å². The number of aromatic nitrogens is 4. The van der Waals surface area contributed by atoms with E-state index in [1.54, 1.807) is 6.20 Å². The maximum atomic E-state index is 12.6. The van der Waals surface area contributed by atoms with Crippen LogP contribution in [0.3, 0.4) is 0 Å². The standard InChI is InChI=1S/C19H24N6O2/c1-11-5-6-16(27-11)14(4)24-19(26)18-23-13(3)12(2)17(25-18)20-8-7-15-9-21-22-10-15/h5-6,9-10,14H,7-8H2,1-4H3,(H,21,22)(H,24,26)(H,20,23,25)/t14-/m1/s1. The molecule has 0 spiro atoms. The number of furan rings is 1. The lowest BCUT2D eigenvalue weighted by Gasteiger charge is -2.14. The van der Waals surface area contributed by atoms with Gasteiger partial charge in [-0.25, -0.2) is 9.97 Å². The van der Waals surface area contributed by atoms with E-state index in [1.807, 2.05) is 46.0 Å². The highest BCUT2D eigenvalue weighted by atomic mass is 16.3. The van der Waals surface area contributed by atoms with Crippen LogP contribution in [0.25, 0.3) is 0 Å². The third-order valence-electron chi connectivity index (χ3n) is 4.39. The molecule has 3 aromatic heterocycles. The number of aryl methyl sites for hydroxylation is 2. The van der Waals surface area contributed by atoms with Crippen molar-refractivity contribution in [2.45, 2.75) is 40.2 Å². The van der Waals surface area contributed by atoms with Gasteiger partial charge in [-0.15, -0.1) is 0 Å². The number of hydrogen-bond acceptors (Lipinski definition) is 6. The van der Waals surface area contributed by atoms with Crippen LogP contribution in [0.1, 0.15) is 51.9 Å². The Hall–Kier alpha value is -3.16. The van der Waals surface area contributed by atoms with Crippen molar-refractivity contribution in [2.24, 2.45) is 0 Å². The van der Waals surface area contributed by atoms with Gasteiger partial charge in [-0.2, -0.15) is 5.10 Å². The molecule has 3 aromatic rings. The van der Waals surface area contributed by atoms with Crippen molar-refractivity contribution < 1.29 is 9.21 Å². The molecule has 0 saturated heterocycles. The molecule has 8 heteroatoms. The maximum absolute atomic E-state index is 12.6. The predicted octanol–water partition coefficient (Wildman–Crippen LogP) is 2.86. The number of nitrogens with zero attached hydrogens (tertiary/aromatic N) is 3. The van der Waals surface area contributed by atoms with E-state index in [1.165, 1.54) is 0 Å². The lowest BCUT2D eigenvalue weighted by Crippen LogP contribution is -2.29. The van der Waals surface area contributed by atoms with Gasteiger partial charge in [0.1, 0.15) is 17.3 Å². The number of amides is 1. The molecule has 0 bridgehead atoms. The van der Waals surface area contributed by atoms with Gasteiger partial charge >= 0.3 is 0 Å². The zero-order valence-electron chi connectivity index (χ0n) is 16.0. The van der Waals surface area contributed by atoms with E-state index in [9.17, 15) is 4.79 Å². The Bertz CT molecular complexity index is 916. The number of hydrogen-bond donors (Lipinski definition) is 3. The van der Waals surface area contributed by atoms with Crippen LogP contribution < -0.4 is 10.6 Å². The molecule has 0 saturated carbocycles. The molecule has 0 aromatic carbocycles. The van der Waals surface area contributed by atoms with Gasteiger partial charge in [-0.1, -0.05) is 0 Å². The molecule has 0 radical (unpaired) electrons. The number of carbonyl (C=O) groups is 1. The summed E-state index contributed by atoms with van der Waals surface area (Å²) in [4.78, 5) is 21.3. The Labute approximate surface area is 157 Å². The van der Waals surface area contributed by atoms with Crippen LogP contribution in [0.15, 0.2) is 28.9 Å². The average molecular weight is 368 g/mol. The monoisotopic (exact) mass is 368 g/mol. The van der Waals surface area contributed by atoms with Gasteiger partial charge in [0.15, 0.2) is 0 Å². The first-order valence-electron chi connectivity index (χ1n) is 8.88. The molecule has 1 atom stereocenters. The molecular weight excluding hydrogens is 344 g/mol. The molecule has 3 heterocycles. The quantitative estimate of drug-likeness (QED) is 0.592. The highest BCUT2D eigenvalue weighted by Crippen LogP contribution is 2.18. The van der Waals surface area contributed by atoms with Crippen molar-refractivity contribution >= 4 is 11.7 Å². The first-order chi connectivity index (χ1) is 12.9. The fourth-order valence-electron chi connectivity index (χ4n) is 2.66. The fraction of sp³-hybridized carbons (Fsp3) is 0.368. The summed E-state index contributed by atoms with van der Waals surface area (Å²) in [6.07, 6.45) is 4.45. The average Bonchev–Trinajstić information content (AvgIpc) is 3.30. The fourth-order valence-corrected chi connectivity index (χ4v) is 2.66. The molecular formula is C19H24N6O2. The molecule has 1 amide bonds. The van der Waals surface area contributed by atoms with Gasteiger partial charge in [0.05, 0.1) is 12.2 Å². The first kappa shape index (κ1) is 18.6. The molecule has 142 valence electrons. The molecule has 0 unspecified atom stereocenters. The van der Waals surface area contributed by atoms with Crippen LogP contribution in [0, 0.1) is 20.8 Å². The third kappa shape index (κ3) is 4.52. The molecule has 3 N–H and O–H groups in total. The zero-order valence-corrected chi connectivity index (χ0v) is 16.0. The Morgan fingerprint density at radius 3 is 2.74 bits per heavy atom. The van der Waals surface area contributed by atoms with E-state index >= 15 is 0 Å². The van der Waals surface area contributed by atoms with Crippen molar-refractivity contribution in [1.82, 2.24) is 25.5 Å². The Kier molecular flexibility index (Phi) is 5.54. The number of anilines is 1. The van der Waals surface area contributed by atoms with Crippen LogP contribution in [-0.2, 0) is 6.42 Å². The Morgan fingerprint density at radius 1 is 1.26 bits per heavy atom. The lowest BCUT2D eigenvalue weighted by atomic mass is 10.2. The van der Waals surface area contributed by atoms with Crippen LogP contribution >= 0.6 is 0 Å². The van der Waals surface area contributed by atoms with Crippen LogP contribution in [0.4, 0.5) is 5.82 Å². The van der Waals surface area contributed by atoms with Gasteiger partial charge in [-0.05, 0) is 51.8 Å². The summed E-state index contributed by atoms with van der Waals surface area (Å²) < 4.78 is 5.56. The van der Waals surface area contributed by atoms with Gasteiger partial charge in [0.25, 0.3) is 5.91 Å². The molecule has 0 fully saturated rings.